The van der Waals surface area contributed by atoms with Gasteiger partial charge in [0, 0.05) is 0 Å². The van der Waals surface area contributed by atoms with Crippen LogP contribution in [0.5, 0.6) is 5.75 Å². The number of nitrogens with zero attached hydrogens (tertiary/aromatic N) is 4. The molecule has 0 amide bonds. The van der Waals surface area contributed by atoms with Gasteiger partial charge >= 0.3 is 0 Å². The average Bonchev–Trinajstić information content (AvgIpc) is 3.32. The Balaban J connectivity index is 1.48. The van der Waals surface area contributed by atoms with Crippen molar-refractivity contribution in [2.75, 3.05) is 0 Å². The molecule has 142 valence electrons. The molecule has 1 atom stereocenters. The van der Waals surface area contributed by atoms with Crippen LogP contribution in [0.15, 0.2) is 91.5 Å². The maximum absolute atomic E-state index is 9.04. The lowest BCUT2D eigenvalue weighted by Gasteiger charge is -2.19. The second-order valence-electron chi connectivity index (χ2n) is 6.78. The highest BCUT2D eigenvalue weighted by Gasteiger charge is 2.15. The summed E-state index contributed by atoms with van der Waals surface area (Å²) in [7, 11) is 0. The molecule has 5 heteroatoms. The van der Waals surface area contributed by atoms with Gasteiger partial charge in [-0.25, -0.2) is 0 Å². The van der Waals surface area contributed by atoms with E-state index in [0.29, 0.717) is 12.2 Å². The third-order valence-corrected chi connectivity index (χ3v) is 4.82. The molecule has 0 aliphatic rings. The van der Waals surface area contributed by atoms with E-state index in [1.54, 1.807) is 12.7 Å². The first-order chi connectivity index (χ1) is 14.3. The number of benzene rings is 3. The van der Waals surface area contributed by atoms with E-state index in [0.717, 1.165) is 23.3 Å². The molecule has 0 saturated heterocycles. The van der Waals surface area contributed by atoms with Crippen LogP contribution >= 0.6 is 0 Å². The van der Waals surface area contributed by atoms with Crippen molar-refractivity contribution < 1.29 is 4.74 Å². The average molecular weight is 380 g/mol. The number of rotatable bonds is 7. The standard InChI is InChI=1S/C24H20N4O/c25-15-20-6-10-22(11-7-20)24(28-17-26-27-18-28)14-19-8-12-23(13-9-19)29-16-21-4-2-1-3-5-21/h1-13,17-18,24H,14,16H2. The first-order valence-electron chi connectivity index (χ1n) is 9.41. The van der Waals surface area contributed by atoms with E-state index in [2.05, 4.69) is 40.5 Å². The molecule has 1 aromatic heterocycles. The lowest BCUT2D eigenvalue weighted by Crippen LogP contribution is -2.12. The van der Waals surface area contributed by atoms with Crippen molar-refractivity contribution in [1.29, 1.82) is 5.26 Å². The Morgan fingerprint density at radius 1 is 0.828 bits per heavy atom. The van der Waals surface area contributed by atoms with Crippen LogP contribution in [0.2, 0.25) is 0 Å². The summed E-state index contributed by atoms with van der Waals surface area (Å²) >= 11 is 0. The Bertz CT molecular complexity index is 1070. The van der Waals surface area contributed by atoms with Crippen LogP contribution in [0.3, 0.4) is 0 Å². The molecule has 0 saturated carbocycles. The zero-order chi connectivity index (χ0) is 19.9. The zero-order valence-electron chi connectivity index (χ0n) is 15.8. The molecule has 0 aliphatic heterocycles. The van der Waals surface area contributed by atoms with Gasteiger partial charge in [0.1, 0.15) is 25.0 Å². The van der Waals surface area contributed by atoms with Gasteiger partial charge in [0.15, 0.2) is 0 Å². The van der Waals surface area contributed by atoms with E-state index in [1.165, 1.54) is 5.56 Å². The molecule has 4 aromatic rings. The van der Waals surface area contributed by atoms with Crippen molar-refractivity contribution in [2.45, 2.75) is 19.1 Å². The van der Waals surface area contributed by atoms with Gasteiger partial charge in [0.2, 0.25) is 0 Å². The highest BCUT2D eigenvalue weighted by atomic mass is 16.5. The quantitative estimate of drug-likeness (QED) is 0.471. The molecule has 1 heterocycles. The molecule has 29 heavy (non-hydrogen) atoms. The van der Waals surface area contributed by atoms with Gasteiger partial charge in [-0.1, -0.05) is 54.6 Å². The molecule has 0 N–H and O–H groups in total. The molecular formula is C24H20N4O. The summed E-state index contributed by atoms with van der Waals surface area (Å²) in [6.07, 6.45) is 4.23. The van der Waals surface area contributed by atoms with Crippen LogP contribution in [0.4, 0.5) is 0 Å². The van der Waals surface area contributed by atoms with Crippen LogP contribution in [-0.2, 0) is 13.0 Å². The second kappa shape index (κ2) is 8.85. The van der Waals surface area contributed by atoms with Crippen molar-refractivity contribution in [2.24, 2.45) is 0 Å². The number of hydrogen-bond acceptors (Lipinski definition) is 4. The maximum Gasteiger partial charge on any atom is 0.119 e. The van der Waals surface area contributed by atoms with Gasteiger partial charge in [0.05, 0.1) is 17.7 Å². The van der Waals surface area contributed by atoms with Gasteiger partial charge in [-0.3, -0.25) is 0 Å². The first-order valence-corrected chi connectivity index (χ1v) is 9.41. The van der Waals surface area contributed by atoms with Gasteiger partial charge in [-0.15, -0.1) is 10.2 Å². The Morgan fingerprint density at radius 2 is 1.52 bits per heavy atom. The molecule has 0 radical (unpaired) electrons. The fraction of sp³-hybridized carbons (Fsp3) is 0.125. The highest BCUT2D eigenvalue weighted by molar-refractivity contribution is 5.35. The van der Waals surface area contributed by atoms with Gasteiger partial charge in [0.25, 0.3) is 0 Å². The summed E-state index contributed by atoms with van der Waals surface area (Å²) in [5, 5.41) is 16.9. The summed E-state index contributed by atoms with van der Waals surface area (Å²) in [4.78, 5) is 0. The third kappa shape index (κ3) is 4.69. The Hall–Kier alpha value is -3.91. The predicted octanol–water partition coefficient (Wildman–Crippen LogP) is 4.56. The summed E-state index contributed by atoms with van der Waals surface area (Å²) in [6, 6.07) is 28.2. The lowest BCUT2D eigenvalue weighted by atomic mass is 9.98. The molecule has 1 unspecified atom stereocenters. The minimum Gasteiger partial charge on any atom is -0.489 e. The van der Waals surface area contributed by atoms with Crippen LogP contribution < -0.4 is 4.74 Å². The molecule has 0 aliphatic carbocycles. The largest absolute Gasteiger partial charge is 0.489 e. The molecule has 5 nitrogen and oxygen atoms in total. The van der Waals surface area contributed by atoms with E-state index < -0.39 is 0 Å². The Kier molecular flexibility index (Phi) is 5.63. The van der Waals surface area contributed by atoms with E-state index in [1.807, 2.05) is 59.2 Å². The van der Waals surface area contributed by atoms with Crippen molar-refractivity contribution in [1.82, 2.24) is 14.8 Å². The maximum atomic E-state index is 9.04. The van der Waals surface area contributed by atoms with Gasteiger partial charge in [-0.2, -0.15) is 5.26 Å². The van der Waals surface area contributed by atoms with Crippen molar-refractivity contribution in [3.05, 3.63) is 114 Å². The molecule has 0 spiro atoms. The molecule has 4 rings (SSSR count). The highest BCUT2D eigenvalue weighted by Crippen LogP contribution is 2.24. The smallest absolute Gasteiger partial charge is 0.119 e. The summed E-state index contributed by atoms with van der Waals surface area (Å²) in [5.74, 6) is 0.844. The van der Waals surface area contributed by atoms with Crippen LogP contribution in [0, 0.1) is 11.3 Å². The zero-order valence-corrected chi connectivity index (χ0v) is 15.8. The number of ether oxygens (including phenoxy) is 1. The van der Waals surface area contributed by atoms with E-state index in [9.17, 15) is 0 Å². The molecule has 3 aromatic carbocycles. The Labute approximate surface area is 169 Å². The predicted molar refractivity (Wildman–Crippen MR) is 110 cm³/mol. The van der Waals surface area contributed by atoms with Crippen molar-refractivity contribution in [3.8, 4) is 11.8 Å². The summed E-state index contributed by atoms with van der Waals surface area (Å²) in [6.45, 7) is 0.550. The minimum atomic E-state index is 0.0498. The number of aromatic nitrogens is 3. The number of nitriles is 1. The number of hydrogen-bond donors (Lipinski definition) is 0. The topological polar surface area (TPSA) is 63.7 Å². The van der Waals surface area contributed by atoms with Gasteiger partial charge < -0.3 is 9.30 Å². The molecule has 0 bridgehead atoms. The fourth-order valence-corrected chi connectivity index (χ4v) is 3.23. The van der Waals surface area contributed by atoms with Crippen molar-refractivity contribution >= 4 is 0 Å². The van der Waals surface area contributed by atoms with Crippen LogP contribution in [-0.4, -0.2) is 14.8 Å². The monoisotopic (exact) mass is 380 g/mol. The normalized spacial score (nSPS) is 11.6. The van der Waals surface area contributed by atoms with Crippen LogP contribution in [0.1, 0.15) is 28.3 Å². The third-order valence-electron chi connectivity index (χ3n) is 4.82. The van der Waals surface area contributed by atoms with Crippen molar-refractivity contribution in [3.63, 3.8) is 0 Å². The van der Waals surface area contributed by atoms with Crippen LogP contribution in [0.25, 0.3) is 0 Å². The lowest BCUT2D eigenvalue weighted by molar-refractivity contribution is 0.306. The van der Waals surface area contributed by atoms with E-state index in [-0.39, 0.29) is 6.04 Å². The molecule has 0 fully saturated rings. The summed E-state index contributed by atoms with van der Waals surface area (Å²) < 4.78 is 7.87. The summed E-state index contributed by atoms with van der Waals surface area (Å²) in [5.41, 5.74) is 4.08. The van der Waals surface area contributed by atoms with E-state index in [4.69, 9.17) is 10.00 Å². The Morgan fingerprint density at radius 3 is 2.17 bits per heavy atom. The first kappa shape index (κ1) is 18.5. The van der Waals surface area contributed by atoms with Gasteiger partial charge in [-0.05, 0) is 47.4 Å². The van der Waals surface area contributed by atoms with E-state index >= 15 is 0 Å². The second-order valence-corrected chi connectivity index (χ2v) is 6.78. The fourth-order valence-electron chi connectivity index (χ4n) is 3.23. The minimum absolute atomic E-state index is 0.0498. The SMILES string of the molecule is N#Cc1ccc(C(Cc2ccc(OCc3ccccc3)cc2)n2cnnc2)cc1. The molecular weight excluding hydrogens is 360 g/mol.